The Bertz CT molecular complexity index is 390. The first-order valence-corrected chi connectivity index (χ1v) is 7.38. The van der Waals surface area contributed by atoms with Crippen molar-refractivity contribution in [3.8, 4) is 0 Å². The van der Waals surface area contributed by atoms with Gasteiger partial charge in [-0.05, 0) is 52.1 Å². The number of aryl methyl sites for hydroxylation is 2. The van der Waals surface area contributed by atoms with E-state index in [1.165, 1.54) is 25.7 Å². The molecule has 2 rings (SSSR count). The summed E-state index contributed by atoms with van der Waals surface area (Å²) < 4.78 is 0. The summed E-state index contributed by atoms with van der Waals surface area (Å²) in [6.07, 6.45) is 4.97. The number of anilines is 1. The Morgan fingerprint density at radius 1 is 1.16 bits per heavy atom. The largest absolute Gasteiger partial charge is 0.341 e. The average Bonchev–Trinajstić information content (AvgIpc) is 2.38. The van der Waals surface area contributed by atoms with E-state index in [-0.39, 0.29) is 0 Å². The monoisotopic (exact) mass is 262 g/mol. The Morgan fingerprint density at radius 2 is 1.74 bits per heavy atom. The van der Waals surface area contributed by atoms with E-state index in [0.29, 0.717) is 12.1 Å². The Morgan fingerprint density at radius 3 is 2.26 bits per heavy atom. The Labute approximate surface area is 116 Å². The van der Waals surface area contributed by atoms with Crippen molar-refractivity contribution in [1.29, 1.82) is 0 Å². The summed E-state index contributed by atoms with van der Waals surface area (Å²) in [5, 5.41) is 3.55. The van der Waals surface area contributed by atoms with Crippen LogP contribution in [0, 0.1) is 13.8 Å². The third-order valence-corrected chi connectivity index (χ3v) is 4.02. The molecule has 1 N–H and O–H groups in total. The SMILES string of the molecule is CCNC1CCC(N(C)c2nc(C)cc(C)n2)CC1. The smallest absolute Gasteiger partial charge is 0.225 e. The fourth-order valence-electron chi connectivity index (χ4n) is 2.98. The molecular formula is C15H26N4. The molecule has 0 saturated heterocycles. The number of nitrogens with one attached hydrogen (secondary N) is 1. The molecule has 1 saturated carbocycles. The molecule has 0 radical (unpaired) electrons. The van der Waals surface area contributed by atoms with Gasteiger partial charge in [-0.1, -0.05) is 6.92 Å². The molecule has 106 valence electrons. The van der Waals surface area contributed by atoms with Crippen LogP contribution in [0.15, 0.2) is 6.07 Å². The second kappa shape index (κ2) is 6.33. The highest BCUT2D eigenvalue weighted by Crippen LogP contribution is 2.24. The van der Waals surface area contributed by atoms with Crippen LogP contribution in [0.4, 0.5) is 5.95 Å². The summed E-state index contributed by atoms with van der Waals surface area (Å²) in [4.78, 5) is 11.4. The van der Waals surface area contributed by atoms with Gasteiger partial charge in [0.2, 0.25) is 5.95 Å². The van der Waals surface area contributed by atoms with E-state index in [4.69, 9.17) is 0 Å². The summed E-state index contributed by atoms with van der Waals surface area (Å²) in [5.41, 5.74) is 2.10. The molecule has 0 aromatic carbocycles. The minimum Gasteiger partial charge on any atom is -0.341 e. The van der Waals surface area contributed by atoms with Gasteiger partial charge in [0.1, 0.15) is 0 Å². The van der Waals surface area contributed by atoms with Crippen LogP contribution in [-0.2, 0) is 0 Å². The molecule has 1 aromatic heterocycles. The molecule has 4 nitrogen and oxygen atoms in total. The van der Waals surface area contributed by atoms with Gasteiger partial charge in [-0.2, -0.15) is 0 Å². The van der Waals surface area contributed by atoms with Crippen molar-refractivity contribution in [2.75, 3.05) is 18.5 Å². The molecule has 19 heavy (non-hydrogen) atoms. The molecular weight excluding hydrogens is 236 g/mol. The molecule has 0 amide bonds. The number of hydrogen-bond acceptors (Lipinski definition) is 4. The van der Waals surface area contributed by atoms with E-state index < -0.39 is 0 Å². The fourth-order valence-corrected chi connectivity index (χ4v) is 2.98. The van der Waals surface area contributed by atoms with Crippen molar-refractivity contribution < 1.29 is 0 Å². The van der Waals surface area contributed by atoms with E-state index in [1.54, 1.807) is 0 Å². The molecule has 1 aromatic rings. The zero-order valence-electron chi connectivity index (χ0n) is 12.6. The van der Waals surface area contributed by atoms with Crippen LogP contribution in [0.3, 0.4) is 0 Å². The standard InChI is InChI=1S/C15H26N4/c1-5-16-13-6-8-14(9-7-13)19(4)15-17-11(2)10-12(3)18-15/h10,13-14,16H,5-9H2,1-4H3. The van der Waals surface area contributed by atoms with E-state index in [0.717, 1.165) is 23.9 Å². The van der Waals surface area contributed by atoms with Gasteiger partial charge in [-0.3, -0.25) is 0 Å². The second-order valence-corrected chi connectivity index (χ2v) is 5.62. The first-order chi connectivity index (χ1) is 9.10. The third kappa shape index (κ3) is 3.66. The van der Waals surface area contributed by atoms with Crippen molar-refractivity contribution in [2.45, 2.75) is 58.5 Å². The van der Waals surface area contributed by atoms with Crippen molar-refractivity contribution in [2.24, 2.45) is 0 Å². The van der Waals surface area contributed by atoms with Gasteiger partial charge in [0.25, 0.3) is 0 Å². The molecule has 0 atom stereocenters. The van der Waals surface area contributed by atoms with Gasteiger partial charge < -0.3 is 10.2 Å². The van der Waals surface area contributed by atoms with Gasteiger partial charge in [0, 0.05) is 30.5 Å². The van der Waals surface area contributed by atoms with Crippen molar-refractivity contribution >= 4 is 5.95 Å². The molecule has 4 heteroatoms. The molecule has 1 heterocycles. The van der Waals surface area contributed by atoms with Crippen LogP contribution in [0.5, 0.6) is 0 Å². The van der Waals surface area contributed by atoms with Gasteiger partial charge >= 0.3 is 0 Å². The zero-order chi connectivity index (χ0) is 13.8. The quantitative estimate of drug-likeness (QED) is 0.905. The first kappa shape index (κ1) is 14.3. The van der Waals surface area contributed by atoms with Crippen molar-refractivity contribution in [3.63, 3.8) is 0 Å². The minimum absolute atomic E-state index is 0.580. The third-order valence-electron chi connectivity index (χ3n) is 4.02. The highest BCUT2D eigenvalue weighted by atomic mass is 15.3. The molecule has 0 spiro atoms. The number of nitrogens with zero attached hydrogens (tertiary/aromatic N) is 3. The maximum Gasteiger partial charge on any atom is 0.225 e. The van der Waals surface area contributed by atoms with Gasteiger partial charge in [-0.25, -0.2) is 9.97 Å². The number of hydrogen-bond donors (Lipinski definition) is 1. The molecule has 0 aliphatic heterocycles. The molecule has 0 bridgehead atoms. The highest BCUT2D eigenvalue weighted by Gasteiger charge is 2.24. The normalized spacial score (nSPS) is 23.4. The summed E-state index contributed by atoms with van der Waals surface area (Å²) >= 11 is 0. The lowest BCUT2D eigenvalue weighted by Gasteiger charge is -2.35. The lowest BCUT2D eigenvalue weighted by atomic mass is 9.90. The molecule has 1 aliphatic rings. The molecule has 1 fully saturated rings. The van der Waals surface area contributed by atoms with Crippen LogP contribution in [0.2, 0.25) is 0 Å². The topological polar surface area (TPSA) is 41.0 Å². The van der Waals surface area contributed by atoms with E-state index in [9.17, 15) is 0 Å². The lowest BCUT2D eigenvalue weighted by Crippen LogP contribution is -2.41. The lowest BCUT2D eigenvalue weighted by molar-refractivity contribution is 0.339. The van der Waals surface area contributed by atoms with Gasteiger partial charge in [0.15, 0.2) is 0 Å². The van der Waals surface area contributed by atoms with Crippen LogP contribution in [0.25, 0.3) is 0 Å². The Balaban J connectivity index is 1.98. The van der Waals surface area contributed by atoms with Gasteiger partial charge in [-0.15, -0.1) is 0 Å². The summed E-state index contributed by atoms with van der Waals surface area (Å²) in [5.74, 6) is 0.879. The van der Waals surface area contributed by atoms with Crippen LogP contribution in [0.1, 0.15) is 44.0 Å². The maximum absolute atomic E-state index is 4.56. The predicted molar refractivity (Wildman–Crippen MR) is 79.6 cm³/mol. The molecule has 0 unspecified atom stereocenters. The summed E-state index contributed by atoms with van der Waals surface area (Å²) in [6, 6.07) is 3.31. The fraction of sp³-hybridized carbons (Fsp3) is 0.733. The van der Waals surface area contributed by atoms with Crippen molar-refractivity contribution in [1.82, 2.24) is 15.3 Å². The van der Waals surface area contributed by atoms with E-state index >= 15 is 0 Å². The Kier molecular flexibility index (Phi) is 4.75. The van der Waals surface area contributed by atoms with Crippen LogP contribution < -0.4 is 10.2 Å². The van der Waals surface area contributed by atoms with Crippen molar-refractivity contribution in [3.05, 3.63) is 17.5 Å². The van der Waals surface area contributed by atoms with Crippen LogP contribution >= 0.6 is 0 Å². The molecule has 1 aliphatic carbocycles. The van der Waals surface area contributed by atoms with Crippen LogP contribution in [-0.4, -0.2) is 35.6 Å². The first-order valence-electron chi connectivity index (χ1n) is 7.38. The maximum atomic E-state index is 4.56. The average molecular weight is 262 g/mol. The minimum atomic E-state index is 0.580. The summed E-state index contributed by atoms with van der Waals surface area (Å²) in [6.45, 7) is 7.33. The van der Waals surface area contributed by atoms with E-state index in [2.05, 4.69) is 34.2 Å². The summed E-state index contributed by atoms with van der Waals surface area (Å²) in [7, 11) is 2.13. The predicted octanol–water partition coefficient (Wildman–Crippen LogP) is 2.45. The highest BCUT2D eigenvalue weighted by molar-refractivity contribution is 5.32. The second-order valence-electron chi connectivity index (χ2n) is 5.62. The van der Waals surface area contributed by atoms with Gasteiger partial charge in [0.05, 0.1) is 0 Å². The number of aromatic nitrogens is 2. The number of rotatable bonds is 4. The van der Waals surface area contributed by atoms with E-state index in [1.807, 2.05) is 19.9 Å². The zero-order valence-corrected chi connectivity index (χ0v) is 12.6. The Hall–Kier alpha value is -1.16.